The number of hydrogen-bond donors (Lipinski definition) is 1. The number of carbonyl (C=O) groups is 4. The van der Waals surface area contributed by atoms with E-state index in [1.165, 1.54) is 12.7 Å². The van der Waals surface area contributed by atoms with Crippen LogP contribution in [0.25, 0.3) is 11.8 Å². The Morgan fingerprint density at radius 3 is 2.42 bits per heavy atom. The number of rotatable bonds is 11. The lowest BCUT2D eigenvalue weighted by molar-refractivity contribution is -0.181. The number of amides is 1. The summed E-state index contributed by atoms with van der Waals surface area (Å²) >= 11 is 0. The van der Waals surface area contributed by atoms with E-state index in [1.807, 2.05) is 64.6 Å². The van der Waals surface area contributed by atoms with Crippen molar-refractivity contribution < 1.29 is 42.9 Å². The van der Waals surface area contributed by atoms with Crippen LogP contribution in [0.4, 0.5) is 5.95 Å². The monoisotopic (exact) mass is 875 g/mol. The van der Waals surface area contributed by atoms with Gasteiger partial charge in [-0.05, 0) is 100 Å². The lowest BCUT2D eigenvalue weighted by Crippen LogP contribution is -2.75. The van der Waals surface area contributed by atoms with Crippen LogP contribution in [-0.4, -0.2) is 106 Å². The second-order valence-corrected chi connectivity index (χ2v) is 19.9. The standard InChI is InChI=1S/C50H61N5O9/c1-28(2)12-11-17-48(8)18-16-32-41(62-48)31(14-13-29(3)4)43-37(42(32)61-36(57)27-35(56)54-24-22-53(9)23-25-54)39-38-40(55-21-20-51-46(55)52-39)33-26-34-47(6,7)64-49(44(33)58,50(34,38)63-43)19-15-30(5)45(59)60-10/h12-13,15-16,18,20-21,33-34,40H,11,14,17,19,22-27H2,1-10H3,(H,51,52)/b30-15-. The van der Waals surface area contributed by atoms with E-state index in [1.54, 1.807) is 24.1 Å². The first-order valence-corrected chi connectivity index (χ1v) is 22.6. The van der Waals surface area contributed by atoms with Crippen LogP contribution < -0.4 is 19.5 Å². The Balaban J connectivity index is 1.30. The predicted molar refractivity (Wildman–Crippen MR) is 241 cm³/mol. The molecule has 8 aliphatic rings. The molecule has 1 N–H and O–H groups in total. The average molecular weight is 876 g/mol. The summed E-state index contributed by atoms with van der Waals surface area (Å²) in [7, 11) is 3.35. The number of esters is 2. The number of anilines is 1. The molecule has 64 heavy (non-hydrogen) atoms. The largest absolute Gasteiger partial charge is 0.482 e. The van der Waals surface area contributed by atoms with Crippen LogP contribution in [0.3, 0.4) is 0 Å². The van der Waals surface area contributed by atoms with Crippen LogP contribution in [0.1, 0.15) is 110 Å². The lowest BCUT2D eigenvalue weighted by atomic mass is 9.47. The van der Waals surface area contributed by atoms with Crippen LogP contribution in [0.2, 0.25) is 0 Å². The molecular formula is C50H61N5O9. The summed E-state index contributed by atoms with van der Waals surface area (Å²) in [4.78, 5) is 65.0. The first-order chi connectivity index (χ1) is 30.3. The zero-order valence-corrected chi connectivity index (χ0v) is 38.8. The Morgan fingerprint density at radius 2 is 1.72 bits per heavy atom. The molecule has 1 amide bonds. The number of imidazole rings is 1. The normalized spacial score (nSPS) is 29.0. The number of Topliss-reactive ketones (excluding diaryl/α,β-unsaturated/α-hetero) is 1. The smallest absolute Gasteiger partial charge is 0.333 e. The van der Waals surface area contributed by atoms with E-state index in [2.05, 4.69) is 36.2 Å². The van der Waals surface area contributed by atoms with Gasteiger partial charge in [0.1, 0.15) is 23.5 Å². The Kier molecular flexibility index (Phi) is 10.7. The van der Waals surface area contributed by atoms with Crippen molar-refractivity contribution in [2.75, 3.05) is 45.7 Å². The number of benzene rings is 1. The molecule has 6 unspecified atom stereocenters. The van der Waals surface area contributed by atoms with E-state index < -0.39 is 52.7 Å². The Hall–Kier alpha value is -5.47. The molecule has 2 aromatic rings. The van der Waals surface area contributed by atoms with Gasteiger partial charge in [0.2, 0.25) is 11.9 Å². The average Bonchev–Trinajstić information content (AvgIpc) is 3.77. The van der Waals surface area contributed by atoms with Crippen molar-refractivity contribution in [2.24, 2.45) is 11.8 Å². The van der Waals surface area contributed by atoms with Gasteiger partial charge in [-0.1, -0.05) is 29.4 Å². The SMILES string of the molecule is COC(=O)/C(C)=C\CC12OC(C)(C)C3CC(C1=O)C1C4=C(Nc5nccn51)c1c(OC(=O)CC(=O)N5CCN(C)CC5)c5c(c(CC=C(C)C)c1OC432)OC(C)(CCC=C(C)C)C=C5. The van der Waals surface area contributed by atoms with E-state index >= 15 is 4.79 Å². The molecule has 1 spiro atoms. The maximum absolute atomic E-state index is 15.5. The van der Waals surface area contributed by atoms with Crippen LogP contribution >= 0.6 is 0 Å². The first kappa shape index (κ1) is 43.8. The van der Waals surface area contributed by atoms with Crippen LogP contribution in [0.5, 0.6) is 17.2 Å². The minimum atomic E-state index is -1.57. The number of fused-ring (bicyclic) bond motifs is 4. The third-order valence-corrected chi connectivity index (χ3v) is 14.6. The molecule has 6 atom stereocenters. The fraction of sp³-hybridized carbons (Fsp3) is 0.540. The molecule has 2 saturated heterocycles. The van der Waals surface area contributed by atoms with Gasteiger partial charge in [0.05, 0.1) is 35.6 Å². The summed E-state index contributed by atoms with van der Waals surface area (Å²) < 4.78 is 35.8. The molecule has 1 aromatic heterocycles. The van der Waals surface area contributed by atoms with Crippen molar-refractivity contribution in [3.8, 4) is 17.2 Å². The summed E-state index contributed by atoms with van der Waals surface area (Å²) in [6, 6.07) is -0.508. The van der Waals surface area contributed by atoms with Gasteiger partial charge in [0.15, 0.2) is 22.7 Å². The maximum Gasteiger partial charge on any atom is 0.333 e. The quantitative estimate of drug-likeness (QED) is 0.0803. The zero-order chi connectivity index (χ0) is 45.7. The number of nitrogens with one attached hydrogen (secondary N) is 1. The maximum atomic E-state index is 15.5. The van der Waals surface area contributed by atoms with Crippen molar-refractivity contribution in [1.29, 1.82) is 0 Å². The van der Waals surface area contributed by atoms with E-state index in [4.69, 9.17) is 28.7 Å². The summed E-state index contributed by atoms with van der Waals surface area (Å²) in [6.07, 6.45) is 15.5. The highest BCUT2D eigenvalue weighted by Crippen LogP contribution is 2.74. The van der Waals surface area contributed by atoms with E-state index in [-0.39, 0.29) is 29.8 Å². The molecule has 6 heterocycles. The van der Waals surface area contributed by atoms with Crippen LogP contribution in [-0.2, 0) is 35.1 Å². The molecule has 1 aromatic carbocycles. The molecular weight excluding hydrogens is 815 g/mol. The van der Waals surface area contributed by atoms with Gasteiger partial charge in [0, 0.05) is 73.5 Å². The molecule has 10 rings (SSSR count). The number of ether oxygens (including phenoxy) is 5. The molecule has 3 aliphatic carbocycles. The number of nitrogens with zero attached hydrogens (tertiary/aromatic N) is 4. The molecule has 4 bridgehead atoms. The van der Waals surface area contributed by atoms with Gasteiger partial charge >= 0.3 is 11.9 Å². The van der Waals surface area contributed by atoms with Gasteiger partial charge in [-0.15, -0.1) is 0 Å². The summed E-state index contributed by atoms with van der Waals surface area (Å²) in [5.74, 6) is -0.859. The summed E-state index contributed by atoms with van der Waals surface area (Å²) in [5.41, 5.74) is 1.24. The molecule has 5 fully saturated rings. The number of aromatic nitrogens is 2. The predicted octanol–water partition coefficient (Wildman–Crippen LogP) is 7.16. The molecule has 14 nitrogen and oxygen atoms in total. The Labute approximate surface area is 375 Å². The van der Waals surface area contributed by atoms with E-state index in [0.717, 1.165) is 23.1 Å². The van der Waals surface area contributed by atoms with E-state index in [0.29, 0.717) is 85.3 Å². The third kappa shape index (κ3) is 6.68. The van der Waals surface area contributed by atoms with Gasteiger partial charge in [-0.25, -0.2) is 9.78 Å². The molecule has 0 radical (unpaired) electrons. The van der Waals surface area contributed by atoms with Gasteiger partial charge in [-0.2, -0.15) is 0 Å². The van der Waals surface area contributed by atoms with Crippen molar-refractivity contribution in [2.45, 2.75) is 122 Å². The molecule has 14 heteroatoms. The van der Waals surface area contributed by atoms with Gasteiger partial charge in [0.25, 0.3) is 0 Å². The number of likely N-dealkylation sites (N-methyl/N-ethyl adjacent to an activating group) is 1. The molecule has 3 saturated carbocycles. The highest BCUT2D eigenvalue weighted by atomic mass is 16.6. The highest BCUT2D eigenvalue weighted by molar-refractivity contribution is 6.03. The number of allylic oxidation sites excluding steroid dienone is 4. The highest BCUT2D eigenvalue weighted by Gasteiger charge is 2.84. The van der Waals surface area contributed by atoms with Crippen molar-refractivity contribution in [3.05, 3.63) is 75.7 Å². The summed E-state index contributed by atoms with van der Waals surface area (Å²) in [6.45, 7) is 18.4. The Bertz CT molecular complexity index is 2510. The minimum Gasteiger partial charge on any atom is -0.482 e. The number of methoxy groups -OCH3 is 1. The number of hydrogen-bond acceptors (Lipinski definition) is 12. The lowest BCUT2D eigenvalue weighted by Gasteiger charge is -2.62. The second-order valence-electron chi connectivity index (χ2n) is 19.9. The van der Waals surface area contributed by atoms with Gasteiger partial charge in [-0.3, -0.25) is 14.4 Å². The first-order valence-electron chi connectivity index (χ1n) is 22.6. The third-order valence-electron chi connectivity index (χ3n) is 14.6. The fourth-order valence-corrected chi connectivity index (χ4v) is 11.4. The second kappa shape index (κ2) is 15.6. The van der Waals surface area contributed by atoms with E-state index in [9.17, 15) is 14.4 Å². The number of piperazine rings is 1. The van der Waals surface area contributed by atoms with Crippen LogP contribution in [0, 0.1) is 11.8 Å². The minimum absolute atomic E-state index is 0.0466. The molecule has 340 valence electrons. The van der Waals surface area contributed by atoms with Gasteiger partial charge < -0.3 is 43.4 Å². The van der Waals surface area contributed by atoms with Crippen molar-refractivity contribution in [3.63, 3.8) is 0 Å². The fourth-order valence-electron chi connectivity index (χ4n) is 11.4. The number of carbonyl (C=O) groups excluding carboxylic acids is 4. The zero-order valence-electron chi connectivity index (χ0n) is 38.8. The van der Waals surface area contributed by atoms with Crippen LogP contribution in [0.15, 0.2) is 59.0 Å². The van der Waals surface area contributed by atoms with Crippen molar-refractivity contribution in [1.82, 2.24) is 19.4 Å². The van der Waals surface area contributed by atoms with Crippen molar-refractivity contribution >= 4 is 41.4 Å². The molecule has 5 aliphatic heterocycles. The Morgan fingerprint density at radius 1 is 0.984 bits per heavy atom. The topological polar surface area (TPSA) is 151 Å². The number of ketones is 1. The summed E-state index contributed by atoms with van der Waals surface area (Å²) in [5, 5.41) is 3.66.